The van der Waals surface area contributed by atoms with E-state index in [0.717, 1.165) is 43.8 Å². The van der Waals surface area contributed by atoms with Gasteiger partial charge in [0.05, 0.1) is 18.5 Å². The van der Waals surface area contributed by atoms with E-state index in [9.17, 15) is 0 Å². The van der Waals surface area contributed by atoms with Crippen molar-refractivity contribution in [3.05, 3.63) is 41.7 Å². The first-order valence-corrected chi connectivity index (χ1v) is 12.8. The van der Waals surface area contributed by atoms with Gasteiger partial charge in [-0.15, -0.1) is 5.10 Å². The summed E-state index contributed by atoms with van der Waals surface area (Å²) in [5, 5.41) is 12.3. The van der Waals surface area contributed by atoms with Crippen LogP contribution in [0, 0.1) is 0 Å². The monoisotopic (exact) mass is 442 g/mol. The zero-order chi connectivity index (χ0) is 22.4. The van der Waals surface area contributed by atoms with Crippen molar-refractivity contribution in [1.82, 2.24) is 20.3 Å². The molecule has 3 rings (SSSR count). The molecule has 32 heavy (non-hydrogen) atoms. The van der Waals surface area contributed by atoms with Gasteiger partial charge in [-0.05, 0) is 49.8 Å². The van der Waals surface area contributed by atoms with Crippen molar-refractivity contribution < 1.29 is 9.47 Å². The van der Waals surface area contributed by atoms with Gasteiger partial charge in [0.1, 0.15) is 5.69 Å². The molecule has 2 heterocycles. The van der Waals surface area contributed by atoms with Crippen molar-refractivity contribution in [1.29, 1.82) is 0 Å². The van der Waals surface area contributed by atoms with E-state index >= 15 is 0 Å². The fourth-order valence-electron chi connectivity index (χ4n) is 4.23. The molecule has 2 atom stereocenters. The minimum Gasteiger partial charge on any atom is -0.353 e. The summed E-state index contributed by atoms with van der Waals surface area (Å²) >= 11 is 0. The minimum absolute atomic E-state index is 0.103. The maximum atomic E-state index is 5.81. The van der Waals surface area contributed by atoms with Crippen LogP contribution in [-0.4, -0.2) is 33.9 Å². The SMILES string of the molecule is CCCCCCCC(CCC)NCc1ccc(-n2cc(COC3CCCCO3)nn2)cc1. The Morgan fingerprint density at radius 3 is 2.66 bits per heavy atom. The standard InChI is InChI=1S/C26H42N4O2/c1-3-5-6-7-8-12-23(11-4-2)27-19-22-14-16-25(17-15-22)30-20-24(28-29-30)21-32-26-13-9-10-18-31-26/h14-17,20,23,26-27H,3-13,18-19,21H2,1-2H3. The van der Waals surface area contributed by atoms with Gasteiger partial charge >= 0.3 is 0 Å². The molecule has 0 saturated carbocycles. The Labute approximate surface area is 194 Å². The number of aromatic nitrogens is 3. The summed E-state index contributed by atoms with van der Waals surface area (Å²) < 4.78 is 13.2. The minimum atomic E-state index is -0.103. The fraction of sp³-hybridized carbons (Fsp3) is 0.692. The summed E-state index contributed by atoms with van der Waals surface area (Å²) in [6.07, 6.45) is 15.6. The molecule has 2 unspecified atom stereocenters. The Morgan fingerprint density at radius 1 is 1.06 bits per heavy atom. The Hall–Kier alpha value is -1.76. The summed E-state index contributed by atoms with van der Waals surface area (Å²) in [5.41, 5.74) is 3.15. The highest BCUT2D eigenvalue weighted by Gasteiger charge is 2.15. The Morgan fingerprint density at radius 2 is 1.91 bits per heavy atom. The van der Waals surface area contributed by atoms with Gasteiger partial charge in [-0.3, -0.25) is 0 Å². The molecule has 0 radical (unpaired) electrons. The second-order valence-corrected chi connectivity index (χ2v) is 9.00. The number of benzene rings is 1. The molecule has 1 N–H and O–H groups in total. The van der Waals surface area contributed by atoms with E-state index in [1.54, 1.807) is 0 Å². The number of hydrogen-bond acceptors (Lipinski definition) is 5. The molecule has 6 heteroatoms. The van der Waals surface area contributed by atoms with Crippen LogP contribution in [-0.2, 0) is 22.6 Å². The normalized spacial score (nSPS) is 17.5. The lowest BCUT2D eigenvalue weighted by Crippen LogP contribution is -2.28. The Balaban J connectivity index is 1.43. The van der Waals surface area contributed by atoms with E-state index < -0.39 is 0 Å². The molecular formula is C26H42N4O2. The van der Waals surface area contributed by atoms with Crippen molar-refractivity contribution in [2.24, 2.45) is 0 Å². The van der Waals surface area contributed by atoms with Crippen molar-refractivity contribution >= 4 is 0 Å². The van der Waals surface area contributed by atoms with Crippen molar-refractivity contribution in [2.45, 2.75) is 110 Å². The number of nitrogens with zero attached hydrogens (tertiary/aromatic N) is 3. The molecule has 1 aromatic heterocycles. The van der Waals surface area contributed by atoms with E-state index in [4.69, 9.17) is 9.47 Å². The lowest BCUT2D eigenvalue weighted by molar-refractivity contribution is -0.169. The van der Waals surface area contributed by atoms with Crippen LogP contribution in [0.1, 0.15) is 95.7 Å². The smallest absolute Gasteiger partial charge is 0.158 e. The molecular weight excluding hydrogens is 400 g/mol. The molecule has 0 amide bonds. The second-order valence-electron chi connectivity index (χ2n) is 9.00. The molecule has 0 spiro atoms. The maximum Gasteiger partial charge on any atom is 0.158 e. The number of nitrogens with one attached hydrogen (secondary N) is 1. The highest BCUT2D eigenvalue weighted by Crippen LogP contribution is 2.16. The van der Waals surface area contributed by atoms with E-state index in [2.05, 4.69) is 53.7 Å². The average Bonchev–Trinajstić information content (AvgIpc) is 3.31. The number of rotatable bonds is 15. The average molecular weight is 443 g/mol. The van der Waals surface area contributed by atoms with Gasteiger partial charge in [-0.1, -0.05) is 69.7 Å². The molecule has 0 aliphatic carbocycles. The Bertz CT molecular complexity index is 741. The molecule has 1 aromatic carbocycles. The zero-order valence-electron chi connectivity index (χ0n) is 20.1. The van der Waals surface area contributed by atoms with Gasteiger partial charge in [0.2, 0.25) is 0 Å². The van der Waals surface area contributed by atoms with Crippen molar-refractivity contribution in [2.75, 3.05) is 6.61 Å². The van der Waals surface area contributed by atoms with Gasteiger partial charge in [0, 0.05) is 19.2 Å². The van der Waals surface area contributed by atoms with Crippen LogP contribution < -0.4 is 5.32 Å². The third-order valence-corrected chi connectivity index (χ3v) is 6.18. The van der Waals surface area contributed by atoms with Gasteiger partial charge in [-0.2, -0.15) is 0 Å². The molecule has 1 fully saturated rings. The van der Waals surface area contributed by atoms with Crippen LogP contribution in [0.2, 0.25) is 0 Å². The molecule has 178 valence electrons. The first kappa shape index (κ1) is 24.9. The highest BCUT2D eigenvalue weighted by atomic mass is 16.7. The lowest BCUT2D eigenvalue weighted by Gasteiger charge is -2.22. The van der Waals surface area contributed by atoms with Crippen LogP contribution in [0.25, 0.3) is 5.69 Å². The third-order valence-electron chi connectivity index (χ3n) is 6.18. The van der Waals surface area contributed by atoms with Gasteiger partial charge in [0.15, 0.2) is 6.29 Å². The number of unbranched alkanes of at least 4 members (excludes halogenated alkanes) is 4. The van der Waals surface area contributed by atoms with E-state index in [1.807, 2.05) is 10.9 Å². The van der Waals surface area contributed by atoms with Gasteiger partial charge < -0.3 is 14.8 Å². The van der Waals surface area contributed by atoms with Gasteiger partial charge in [0.25, 0.3) is 0 Å². The van der Waals surface area contributed by atoms with Crippen LogP contribution in [0.3, 0.4) is 0 Å². The van der Waals surface area contributed by atoms with Crippen LogP contribution in [0.4, 0.5) is 0 Å². The Kier molecular flexibility index (Phi) is 11.2. The van der Waals surface area contributed by atoms with E-state index in [1.165, 1.54) is 56.9 Å². The van der Waals surface area contributed by atoms with Crippen LogP contribution in [0.5, 0.6) is 0 Å². The third kappa shape index (κ3) is 8.64. The topological polar surface area (TPSA) is 61.2 Å². The van der Waals surface area contributed by atoms with Crippen molar-refractivity contribution in [3.63, 3.8) is 0 Å². The first-order chi connectivity index (χ1) is 15.8. The molecule has 1 aliphatic rings. The summed E-state index contributed by atoms with van der Waals surface area (Å²) in [6, 6.07) is 9.20. The molecule has 1 saturated heterocycles. The van der Waals surface area contributed by atoms with Crippen molar-refractivity contribution in [3.8, 4) is 5.69 Å². The lowest BCUT2D eigenvalue weighted by atomic mass is 10.0. The first-order valence-electron chi connectivity index (χ1n) is 12.8. The number of hydrogen-bond donors (Lipinski definition) is 1. The summed E-state index contributed by atoms with van der Waals surface area (Å²) in [7, 11) is 0. The van der Waals surface area contributed by atoms with E-state index in [0.29, 0.717) is 12.6 Å². The molecule has 2 aromatic rings. The summed E-state index contributed by atoms with van der Waals surface area (Å²) in [6.45, 7) is 6.69. The predicted molar refractivity (Wildman–Crippen MR) is 129 cm³/mol. The quantitative estimate of drug-likeness (QED) is 0.346. The van der Waals surface area contributed by atoms with Gasteiger partial charge in [-0.25, -0.2) is 4.68 Å². The summed E-state index contributed by atoms with van der Waals surface area (Å²) in [5.74, 6) is 0. The fourth-order valence-corrected chi connectivity index (χ4v) is 4.23. The predicted octanol–water partition coefficient (Wildman–Crippen LogP) is 5.93. The second kappa shape index (κ2) is 14.4. The summed E-state index contributed by atoms with van der Waals surface area (Å²) in [4.78, 5) is 0. The van der Waals surface area contributed by atoms with Crippen LogP contribution >= 0.6 is 0 Å². The molecule has 0 bridgehead atoms. The maximum absolute atomic E-state index is 5.81. The largest absolute Gasteiger partial charge is 0.353 e. The highest BCUT2D eigenvalue weighted by molar-refractivity contribution is 5.33. The van der Waals surface area contributed by atoms with Crippen LogP contribution in [0.15, 0.2) is 30.5 Å². The number of ether oxygens (including phenoxy) is 2. The zero-order valence-corrected chi connectivity index (χ0v) is 20.1. The molecule has 6 nitrogen and oxygen atoms in total. The van der Waals surface area contributed by atoms with E-state index in [-0.39, 0.29) is 6.29 Å². The molecule has 1 aliphatic heterocycles.